The molecule has 0 saturated carbocycles. The molecule has 0 aliphatic carbocycles. The van der Waals surface area contributed by atoms with Crippen molar-refractivity contribution < 1.29 is 9.53 Å². The Balaban J connectivity index is 1.69. The summed E-state index contributed by atoms with van der Waals surface area (Å²) < 4.78 is 7.54. The molecule has 2 N–H and O–H groups in total. The summed E-state index contributed by atoms with van der Waals surface area (Å²) in [6.45, 7) is 10.1. The number of rotatable bonds is 5. The quantitative estimate of drug-likeness (QED) is 0.853. The summed E-state index contributed by atoms with van der Waals surface area (Å²) in [6, 6.07) is 2.92. The fourth-order valence-electron chi connectivity index (χ4n) is 3.97. The molecule has 3 rings (SSSR count). The summed E-state index contributed by atoms with van der Waals surface area (Å²) in [5, 5.41) is 4.42. The van der Waals surface area contributed by atoms with E-state index in [0.29, 0.717) is 12.1 Å². The molecule has 140 valence electrons. The minimum atomic E-state index is -0.193. The van der Waals surface area contributed by atoms with Gasteiger partial charge >= 0.3 is 0 Å². The Hall–Kier alpha value is -1.44. The van der Waals surface area contributed by atoms with Crippen molar-refractivity contribution in [3.8, 4) is 0 Å². The summed E-state index contributed by atoms with van der Waals surface area (Å²) >= 11 is 0. The molecule has 7 heteroatoms. The molecular weight excluding hydrogens is 318 g/mol. The van der Waals surface area contributed by atoms with Crippen molar-refractivity contribution in [3.05, 3.63) is 18.0 Å². The second kappa shape index (κ2) is 8.29. The highest BCUT2D eigenvalue weighted by molar-refractivity contribution is 5.77. The maximum Gasteiger partial charge on any atom is 0.223 e. The third-order valence-electron chi connectivity index (χ3n) is 5.37. The number of nitrogens with zero attached hydrogens (tertiary/aromatic N) is 4. The van der Waals surface area contributed by atoms with Gasteiger partial charge in [0.25, 0.3) is 0 Å². The van der Waals surface area contributed by atoms with Crippen molar-refractivity contribution >= 4 is 5.91 Å². The second-order valence-corrected chi connectivity index (χ2v) is 7.53. The van der Waals surface area contributed by atoms with Crippen molar-refractivity contribution in [1.29, 1.82) is 0 Å². The van der Waals surface area contributed by atoms with E-state index in [0.717, 1.165) is 58.8 Å². The maximum atomic E-state index is 12.0. The summed E-state index contributed by atoms with van der Waals surface area (Å²) in [5.41, 5.74) is 6.90. The average molecular weight is 349 g/mol. The van der Waals surface area contributed by atoms with Crippen LogP contribution in [0.2, 0.25) is 0 Å². The Morgan fingerprint density at radius 3 is 2.76 bits per heavy atom. The van der Waals surface area contributed by atoms with Gasteiger partial charge in [-0.2, -0.15) is 5.10 Å². The fourth-order valence-corrected chi connectivity index (χ4v) is 3.97. The van der Waals surface area contributed by atoms with Gasteiger partial charge in [-0.3, -0.25) is 19.3 Å². The Bertz CT molecular complexity index is 568. The standard InChI is InChI=1S/C18H31N5O2/c1-14(2)23-17(3-6-20-23)13-21-7-8-22(12-15(11-21)18(19)24)16-4-9-25-10-5-16/h3,6,14-16H,4-5,7-13H2,1-2H3,(H2,19,24)/t15-/m0/s1. The third-order valence-corrected chi connectivity index (χ3v) is 5.37. The van der Waals surface area contributed by atoms with Crippen LogP contribution in [-0.4, -0.2) is 70.9 Å². The highest BCUT2D eigenvalue weighted by Gasteiger charge is 2.31. The average Bonchev–Trinajstić information content (AvgIpc) is 2.95. The van der Waals surface area contributed by atoms with Gasteiger partial charge in [0.1, 0.15) is 0 Å². The molecule has 1 atom stereocenters. The van der Waals surface area contributed by atoms with E-state index in [-0.39, 0.29) is 11.8 Å². The normalized spacial score (nSPS) is 24.5. The Morgan fingerprint density at radius 1 is 1.32 bits per heavy atom. The number of carbonyl (C=O) groups excluding carboxylic acids is 1. The largest absolute Gasteiger partial charge is 0.381 e. The SMILES string of the molecule is CC(C)n1nccc1CN1CCN(C2CCOCC2)C[C@@H](C(N)=O)C1. The molecule has 0 bridgehead atoms. The van der Waals surface area contributed by atoms with Crippen molar-refractivity contribution in [2.24, 2.45) is 11.7 Å². The van der Waals surface area contributed by atoms with E-state index in [1.54, 1.807) is 0 Å². The first-order chi connectivity index (χ1) is 12.0. The Labute approximate surface area is 150 Å². The minimum absolute atomic E-state index is 0.124. The van der Waals surface area contributed by atoms with Gasteiger partial charge in [-0.1, -0.05) is 0 Å². The van der Waals surface area contributed by atoms with Crippen LogP contribution in [0, 0.1) is 5.92 Å². The molecular formula is C18H31N5O2. The molecule has 0 unspecified atom stereocenters. The summed E-state index contributed by atoms with van der Waals surface area (Å²) in [7, 11) is 0. The summed E-state index contributed by atoms with van der Waals surface area (Å²) in [6.07, 6.45) is 3.95. The zero-order chi connectivity index (χ0) is 17.8. The molecule has 25 heavy (non-hydrogen) atoms. The zero-order valence-corrected chi connectivity index (χ0v) is 15.4. The molecule has 7 nitrogen and oxygen atoms in total. The molecule has 2 aliphatic rings. The van der Waals surface area contributed by atoms with Crippen molar-refractivity contribution in [3.63, 3.8) is 0 Å². The number of ether oxygens (including phenoxy) is 1. The van der Waals surface area contributed by atoms with E-state index in [4.69, 9.17) is 10.5 Å². The van der Waals surface area contributed by atoms with Gasteiger partial charge in [-0.15, -0.1) is 0 Å². The number of primary amides is 1. The van der Waals surface area contributed by atoms with Crippen LogP contribution < -0.4 is 5.73 Å². The number of hydrogen-bond acceptors (Lipinski definition) is 5. The first kappa shape index (κ1) is 18.4. The van der Waals surface area contributed by atoms with Crippen LogP contribution >= 0.6 is 0 Å². The Morgan fingerprint density at radius 2 is 2.08 bits per heavy atom. The van der Waals surface area contributed by atoms with Crippen molar-refractivity contribution in [2.75, 3.05) is 39.4 Å². The lowest BCUT2D eigenvalue weighted by molar-refractivity contribution is -0.122. The van der Waals surface area contributed by atoms with Crippen LogP contribution in [0.5, 0.6) is 0 Å². The van der Waals surface area contributed by atoms with Crippen LogP contribution in [-0.2, 0) is 16.1 Å². The van der Waals surface area contributed by atoms with E-state index >= 15 is 0 Å². The molecule has 0 aromatic carbocycles. The third kappa shape index (κ3) is 4.59. The second-order valence-electron chi connectivity index (χ2n) is 7.53. The van der Waals surface area contributed by atoms with Crippen molar-refractivity contribution in [2.45, 2.75) is 45.3 Å². The van der Waals surface area contributed by atoms with Gasteiger partial charge in [-0.05, 0) is 32.8 Å². The molecule has 2 saturated heterocycles. The zero-order valence-electron chi connectivity index (χ0n) is 15.4. The highest BCUT2D eigenvalue weighted by Crippen LogP contribution is 2.20. The molecule has 3 heterocycles. The molecule has 0 radical (unpaired) electrons. The van der Waals surface area contributed by atoms with Crippen LogP contribution in [0.3, 0.4) is 0 Å². The first-order valence-corrected chi connectivity index (χ1v) is 9.40. The number of carbonyl (C=O) groups is 1. The van der Waals surface area contributed by atoms with Gasteiger partial charge < -0.3 is 10.5 Å². The molecule has 1 aromatic rings. The van der Waals surface area contributed by atoms with E-state index in [1.807, 2.05) is 6.20 Å². The van der Waals surface area contributed by atoms with Crippen LogP contribution in [0.1, 0.15) is 38.4 Å². The molecule has 1 amide bonds. The topological polar surface area (TPSA) is 76.6 Å². The molecule has 2 aliphatic heterocycles. The fraction of sp³-hybridized carbons (Fsp3) is 0.778. The van der Waals surface area contributed by atoms with Gasteiger partial charge in [0.05, 0.1) is 11.6 Å². The van der Waals surface area contributed by atoms with Crippen molar-refractivity contribution in [1.82, 2.24) is 19.6 Å². The molecule has 2 fully saturated rings. The number of amides is 1. The van der Waals surface area contributed by atoms with E-state index < -0.39 is 0 Å². The number of hydrogen-bond donors (Lipinski definition) is 1. The maximum absolute atomic E-state index is 12.0. The number of aromatic nitrogens is 2. The van der Waals surface area contributed by atoms with Gasteiger partial charge in [0, 0.05) is 64.2 Å². The number of nitrogens with two attached hydrogens (primary N) is 1. The smallest absolute Gasteiger partial charge is 0.223 e. The van der Waals surface area contributed by atoms with Crippen LogP contribution in [0.25, 0.3) is 0 Å². The minimum Gasteiger partial charge on any atom is -0.381 e. The first-order valence-electron chi connectivity index (χ1n) is 9.40. The monoisotopic (exact) mass is 349 g/mol. The van der Waals surface area contributed by atoms with Gasteiger partial charge in [0.15, 0.2) is 0 Å². The predicted molar refractivity (Wildman–Crippen MR) is 96.0 cm³/mol. The Kier molecular flexibility index (Phi) is 6.09. The highest BCUT2D eigenvalue weighted by atomic mass is 16.5. The lowest BCUT2D eigenvalue weighted by Gasteiger charge is -2.34. The van der Waals surface area contributed by atoms with Gasteiger partial charge in [-0.25, -0.2) is 0 Å². The van der Waals surface area contributed by atoms with Crippen LogP contribution in [0.4, 0.5) is 0 Å². The van der Waals surface area contributed by atoms with E-state index in [1.165, 1.54) is 5.69 Å². The van der Waals surface area contributed by atoms with Crippen LogP contribution in [0.15, 0.2) is 12.3 Å². The summed E-state index contributed by atoms with van der Waals surface area (Å²) in [5.74, 6) is -0.318. The predicted octanol–water partition coefficient (Wildman–Crippen LogP) is 0.862. The lowest BCUT2D eigenvalue weighted by Crippen LogP contribution is -2.44. The lowest BCUT2D eigenvalue weighted by atomic mass is 10.0. The van der Waals surface area contributed by atoms with E-state index in [2.05, 4.69) is 39.5 Å². The van der Waals surface area contributed by atoms with E-state index in [9.17, 15) is 4.79 Å². The molecule has 1 aromatic heterocycles. The molecule has 0 spiro atoms. The summed E-state index contributed by atoms with van der Waals surface area (Å²) in [4.78, 5) is 16.8. The van der Waals surface area contributed by atoms with Gasteiger partial charge in [0.2, 0.25) is 5.91 Å².